The summed E-state index contributed by atoms with van der Waals surface area (Å²) in [4.78, 5) is 0. The average Bonchev–Trinajstić information content (AvgIpc) is 2.13. The minimum atomic E-state index is 0.0575. The zero-order valence-corrected chi connectivity index (χ0v) is 12.9. The Kier molecular flexibility index (Phi) is 5.47. The van der Waals surface area contributed by atoms with Gasteiger partial charge in [0, 0.05) is 10.2 Å². The molecule has 0 fully saturated rings. The van der Waals surface area contributed by atoms with Crippen LogP contribution in [0.15, 0.2) is 0 Å². The van der Waals surface area contributed by atoms with Gasteiger partial charge in [0.15, 0.2) is 0 Å². The molecule has 0 spiro atoms. The zero-order valence-electron chi connectivity index (χ0n) is 12.1. The molecular weight excluding hydrogens is 212 g/mol. The van der Waals surface area contributed by atoms with Crippen LogP contribution in [0, 0.1) is 23.2 Å². The average molecular weight is 240 g/mol. The van der Waals surface area contributed by atoms with Gasteiger partial charge in [-0.2, -0.15) is 11.8 Å². The largest absolute Gasteiger partial charge is 0.155 e. The summed E-state index contributed by atoms with van der Waals surface area (Å²) in [5.74, 6) is 4.15. The topological polar surface area (TPSA) is 0 Å². The lowest BCUT2D eigenvalue weighted by Gasteiger charge is -2.35. The fourth-order valence-corrected chi connectivity index (χ4v) is 2.72. The molecule has 0 N–H and O–H groups in total. The molecule has 0 aliphatic heterocycles. The van der Waals surface area contributed by atoms with E-state index in [1.54, 1.807) is 0 Å². The van der Waals surface area contributed by atoms with Crippen LogP contribution in [0.3, 0.4) is 0 Å². The third kappa shape index (κ3) is 6.48. The molecule has 0 nitrogen and oxygen atoms in total. The number of rotatable bonds is 5. The molecule has 0 saturated heterocycles. The van der Waals surface area contributed by atoms with E-state index in [-0.39, 0.29) is 5.41 Å². The zero-order chi connectivity index (χ0) is 13.0. The molecule has 94 valence electrons. The summed E-state index contributed by atoms with van der Waals surface area (Å²) in [5.41, 5.74) is 0.372. The first-order valence-electron chi connectivity index (χ1n) is 6.15. The van der Waals surface area contributed by atoms with Gasteiger partial charge < -0.3 is 0 Å². The Morgan fingerprint density at radius 3 is 1.88 bits per heavy atom. The summed E-state index contributed by atoms with van der Waals surface area (Å²) >= 11 is 2.03. The molecule has 0 bridgehead atoms. The Balaban J connectivity index is 4.41. The highest BCUT2D eigenvalue weighted by atomic mass is 32.2. The quantitative estimate of drug-likeness (QED) is 0.610. The lowest BCUT2D eigenvalue weighted by atomic mass is 9.74. The highest BCUT2D eigenvalue weighted by Crippen LogP contribution is 2.40. The highest BCUT2D eigenvalue weighted by molar-refractivity contribution is 8.00. The molecule has 0 rings (SSSR count). The summed E-state index contributed by atoms with van der Waals surface area (Å²) in [6.07, 6.45) is 7.82. The summed E-state index contributed by atoms with van der Waals surface area (Å²) in [7, 11) is 0. The SMILES string of the molecule is C#CC(C)(CC)CC(C)(C)CSC(C)(C)C. The van der Waals surface area contributed by atoms with E-state index in [2.05, 4.69) is 54.4 Å². The lowest BCUT2D eigenvalue weighted by molar-refractivity contribution is 0.251. The van der Waals surface area contributed by atoms with Crippen LogP contribution in [0.1, 0.15) is 61.3 Å². The van der Waals surface area contributed by atoms with Crippen molar-refractivity contribution in [2.75, 3.05) is 5.75 Å². The van der Waals surface area contributed by atoms with Crippen LogP contribution in [0.5, 0.6) is 0 Å². The smallest absolute Gasteiger partial charge is 0.0286 e. The molecule has 0 aliphatic carbocycles. The standard InChI is InChI=1S/C15H28S/c1-9-15(8,10-2)11-14(6,7)12-16-13(3,4)5/h1H,10-12H2,2-8H3. The predicted molar refractivity (Wildman–Crippen MR) is 77.8 cm³/mol. The van der Waals surface area contributed by atoms with Crippen molar-refractivity contribution in [1.82, 2.24) is 0 Å². The van der Waals surface area contributed by atoms with Gasteiger partial charge in [0.1, 0.15) is 0 Å². The van der Waals surface area contributed by atoms with E-state index in [0.717, 1.165) is 12.8 Å². The molecule has 1 heteroatoms. The van der Waals surface area contributed by atoms with Crippen molar-refractivity contribution >= 4 is 11.8 Å². The van der Waals surface area contributed by atoms with E-state index in [1.807, 2.05) is 11.8 Å². The van der Waals surface area contributed by atoms with E-state index in [1.165, 1.54) is 5.75 Å². The summed E-state index contributed by atoms with van der Waals surface area (Å²) in [6.45, 7) is 15.9. The van der Waals surface area contributed by atoms with Gasteiger partial charge in [-0.3, -0.25) is 0 Å². The molecule has 0 saturated carbocycles. The Hall–Kier alpha value is -0.0900. The second-order valence-corrected chi connectivity index (χ2v) is 8.60. The minimum Gasteiger partial charge on any atom is -0.155 e. The molecule has 0 radical (unpaired) electrons. The van der Waals surface area contributed by atoms with Crippen molar-refractivity contribution in [2.45, 2.75) is 66.1 Å². The fraction of sp³-hybridized carbons (Fsp3) is 0.867. The summed E-state index contributed by atoms with van der Waals surface area (Å²) in [5, 5.41) is 0. The first kappa shape index (κ1) is 15.9. The predicted octanol–water partition coefficient (Wildman–Crippen LogP) is 4.98. The van der Waals surface area contributed by atoms with Crippen LogP contribution in [0.2, 0.25) is 0 Å². The maximum atomic E-state index is 5.65. The van der Waals surface area contributed by atoms with E-state index in [4.69, 9.17) is 6.42 Å². The van der Waals surface area contributed by atoms with Gasteiger partial charge in [0.2, 0.25) is 0 Å². The van der Waals surface area contributed by atoms with Crippen LogP contribution in [0.4, 0.5) is 0 Å². The van der Waals surface area contributed by atoms with Gasteiger partial charge in [-0.1, -0.05) is 41.5 Å². The second-order valence-electron chi connectivity index (χ2n) is 6.80. The molecular formula is C15H28S. The Labute approximate surface area is 107 Å². The Bertz CT molecular complexity index is 252. The number of terminal acetylenes is 1. The van der Waals surface area contributed by atoms with Crippen molar-refractivity contribution in [3.05, 3.63) is 0 Å². The van der Waals surface area contributed by atoms with Gasteiger partial charge in [0.05, 0.1) is 0 Å². The normalized spacial score (nSPS) is 16.6. The van der Waals surface area contributed by atoms with Crippen molar-refractivity contribution in [1.29, 1.82) is 0 Å². The van der Waals surface area contributed by atoms with Crippen molar-refractivity contribution in [3.8, 4) is 12.3 Å². The fourth-order valence-electron chi connectivity index (χ4n) is 1.80. The minimum absolute atomic E-state index is 0.0575. The van der Waals surface area contributed by atoms with Gasteiger partial charge in [-0.15, -0.1) is 12.3 Å². The molecule has 1 atom stereocenters. The van der Waals surface area contributed by atoms with Crippen molar-refractivity contribution < 1.29 is 0 Å². The summed E-state index contributed by atoms with van der Waals surface area (Å²) in [6, 6.07) is 0. The molecule has 0 aromatic carbocycles. The molecule has 0 heterocycles. The maximum Gasteiger partial charge on any atom is 0.0286 e. The van der Waals surface area contributed by atoms with Crippen LogP contribution in [0.25, 0.3) is 0 Å². The molecule has 16 heavy (non-hydrogen) atoms. The van der Waals surface area contributed by atoms with E-state index in [9.17, 15) is 0 Å². The molecule has 0 aromatic heterocycles. The second kappa shape index (κ2) is 5.50. The van der Waals surface area contributed by atoms with Gasteiger partial charge >= 0.3 is 0 Å². The maximum absolute atomic E-state index is 5.65. The Morgan fingerprint density at radius 1 is 1.06 bits per heavy atom. The van der Waals surface area contributed by atoms with Crippen LogP contribution < -0.4 is 0 Å². The van der Waals surface area contributed by atoms with Gasteiger partial charge in [-0.05, 0) is 30.9 Å². The number of hydrogen-bond acceptors (Lipinski definition) is 1. The molecule has 0 amide bonds. The van der Waals surface area contributed by atoms with Gasteiger partial charge in [0.25, 0.3) is 0 Å². The first-order valence-corrected chi connectivity index (χ1v) is 7.14. The third-order valence-corrected chi connectivity index (χ3v) is 4.69. The molecule has 0 aliphatic rings. The van der Waals surface area contributed by atoms with Crippen LogP contribution in [-0.2, 0) is 0 Å². The Morgan fingerprint density at radius 2 is 1.56 bits per heavy atom. The summed E-state index contributed by atoms with van der Waals surface area (Å²) < 4.78 is 0.343. The van der Waals surface area contributed by atoms with Gasteiger partial charge in [-0.25, -0.2) is 0 Å². The third-order valence-electron chi connectivity index (χ3n) is 2.89. The number of thioether (sulfide) groups is 1. The van der Waals surface area contributed by atoms with Crippen LogP contribution in [-0.4, -0.2) is 10.5 Å². The monoisotopic (exact) mass is 240 g/mol. The van der Waals surface area contributed by atoms with Crippen LogP contribution >= 0.6 is 11.8 Å². The van der Waals surface area contributed by atoms with Crippen molar-refractivity contribution in [3.63, 3.8) is 0 Å². The van der Waals surface area contributed by atoms with E-state index >= 15 is 0 Å². The highest BCUT2D eigenvalue weighted by Gasteiger charge is 2.30. The molecule has 1 unspecified atom stereocenters. The van der Waals surface area contributed by atoms with E-state index in [0.29, 0.717) is 10.2 Å². The number of hydrogen-bond donors (Lipinski definition) is 0. The molecule has 0 aromatic rings. The first-order chi connectivity index (χ1) is 7.04. The van der Waals surface area contributed by atoms with E-state index < -0.39 is 0 Å². The van der Waals surface area contributed by atoms with Crippen molar-refractivity contribution in [2.24, 2.45) is 10.8 Å². The lowest BCUT2D eigenvalue weighted by Crippen LogP contribution is -2.27.